The van der Waals surface area contributed by atoms with Gasteiger partial charge in [0.05, 0.1) is 6.04 Å². The minimum absolute atomic E-state index is 0.0664. The summed E-state index contributed by atoms with van der Waals surface area (Å²) in [5.74, 6) is 0.970. The van der Waals surface area contributed by atoms with Crippen molar-refractivity contribution in [3.05, 3.63) is 0 Å². The molecule has 60 valence electrons. The van der Waals surface area contributed by atoms with Gasteiger partial charge in [0, 0.05) is 0 Å². The molecule has 3 heteroatoms. The molecule has 0 aromatic rings. The van der Waals surface area contributed by atoms with E-state index in [-0.39, 0.29) is 5.66 Å². The van der Waals surface area contributed by atoms with E-state index in [1.165, 1.54) is 32.2 Å². The third-order valence-electron chi connectivity index (χ3n) is 3.35. The van der Waals surface area contributed by atoms with E-state index in [1.807, 2.05) is 0 Å². The first kappa shape index (κ1) is 6.12. The lowest BCUT2D eigenvalue weighted by atomic mass is 9.76. The van der Waals surface area contributed by atoms with Crippen molar-refractivity contribution in [2.45, 2.75) is 37.4 Å². The van der Waals surface area contributed by atoms with Gasteiger partial charge in [0.25, 0.3) is 0 Å². The summed E-state index contributed by atoms with van der Waals surface area (Å²) in [6.45, 7) is 1.18. The topological polar surface area (TPSA) is 36.8 Å². The van der Waals surface area contributed by atoms with Crippen molar-refractivity contribution >= 4 is 0 Å². The highest BCUT2D eigenvalue weighted by Crippen LogP contribution is 2.46. The van der Waals surface area contributed by atoms with Crippen molar-refractivity contribution < 1.29 is 0 Å². The van der Waals surface area contributed by atoms with Gasteiger partial charge in [0.2, 0.25) is 5.66 Å². The first-order valence-corrected chi connectivity index (χ1v) is 4.56. The maximum absolute atomic E-state index is 4.18. The molecule has 1 aliphatic carbocycles. The van der Waals surface area contributed by atoms with Crippen LogP contribution in [0.1, 0.15) is 25.7 Å². The molecule has 1 saturated heterocycles. The molecule has 1 spiro atoms. The summed E-state index contributed by atoms with van der Waals surface area (Å²) in [4.78, 5) is 0. The largest absolute Gasteiger partial charge is 0.310 e. The molecule has 0 aromatic heterocycles. The predicted molar refractivity (Wildman–Crippen MR) is 41.3 cm³/mol. The lowest BCUT2D eigenvalue weighted by Gasteiger charge is -2.38. The van der Waals surface area contributed by atoms with Crippen LogP contribution in [-0.2, 0) is 0 Å². The number of nitrogens with zero attached hydrogens (tertiary/aromatic N) is 2. The minimum Gasteiger partial charge on any atom is -0.310 e. The molecule has 2 atom stereocenters. The Morgan fingerprint density at radius 2 is 2.18 bits per heavy atom. The summed E-state index contributed by atoms with van der Waals surface area (Å²) in [5, 5.41) is 11.9. The monoisotopic (exact) mass is 151 g/mol. The molecular weight excluding hydrogens is 138 g/mol. The highest BCUT2D eigenvalue weighted by molar-refractivity contribution is 5.08. The molecular formula is C8H13N3. The van der Waals surface area contributed by atoms with E-state index in [9.17, 15) is 0 Å². The summed E-state index contributed by atoms with van der Waals surface area (Å²) in [6, 6.07) is 0.593. The number of hydrogen-bond acceptors (Lipinski definition) is 3. The molecule has 2 bridgehead atoms. The van der Waals surface area contributed by atoms with Gasteiger partial charge in [-0.25, -0.2) is 0 Å². The zero-order valence-corrected chi connectivity index (χ0v) is 6.58. The standard InChI is InChI=1S/C8H13N3/c1-3-8(10-11-8)7-5-6(1)2-4-9-7/h6-7,9H,1-5H2. The Kier molecular flexibility index (Phi) is 1.02. The first-order chi connectivity index (χ1) is 5.39. The van der Waals surface area contributed by atoms with Crippen molar-refractivity contribution in [1.82, 2.24) is 5.32 Å². The van der Waals surface area contributed by atoms with E-state index in [2.05, 4.69) is 15.5 Å². The Hall–Kier alpha value is -0.440. The third kappa shape index (κ3) is 0.775. The molecule has 3 aliphatic rings. The number of piperidine rings is 1. The fourth-order valence-electron chi connectivity index (χ4n) is 2.50. The second-order valence-corrected chi connectivity index (χ2v) is 4.01. The van der Waals surface area contributed by atoms with Crippen molar-refractivity contribution in [2.24, 2.45) is 16.1 Å². The SMILES string of the molecule is C1CC2CCC3(N=N3)C(C2)N1. The predicted octanol–water partition coefficient (Wildman–Crippen LogP) is 1.31. The first-order valence-electron chi connectivity index (χ1n) is 4.56. The minimum atomic E-state index is 0.0664. The van der Waals surface area contributed by atoms with E-state index in [4.69, 9.17) is 0 Å². The molecule has 2 heterocycles. The van der Waals surface area contributed by atoms with E-state index < -0.39 is 0 Å². The lowest BCUT2D eigenvalue weighted by molar-refractivity contribution is 0.177. The van der Waals surface area contributed by atoms with Gasteiger partial charge >= 0.3 is 0 Å². The Balaban J connectivity index is 1.82. The second kappa shape index (κ2) is 1.83. The van der Waals surface area contributed by atoms with Crippen LogP contribution in [0, 0.1) is 5.92 Å². The number of rotatable bonds is 0. The summed E-state index contributed by atoms with van der Waals surface area (Å²) in [5.41, 5.74) is 0.0664. The van der Waals surface area contributed by atoms with Crippen LogP contribution in [0.2, 0.25) is 0 Å². The Morgan fingerprint density at radius 3 is 3.00 bits per heavy atom. The Morgan fingerprint density at radius 1 is 1.27 bits per heavy atom. The van der Waals surface area contributed by atoms with Gasteiger partial charge in [-0.15, -0.1) is 0 Å². The van der Waals surface area contributed by atoms with E-state index in [0.717, 1.165) is 5.92 Å². The van der Waals surface area contributed by atoms with E-state index in [1.54, 1.807) is 0 Å². The van der Waals surface area contributed by atoms with Crippen LogP contribution in [-0.4, -0.2) is 18.2 Å². The molecule has 3 rings (SSSR count). The van der Waals surface area contributed by atoms with Gasteiger partial charge in [-0.1, -0.05) is 0 Å². The second-order valence-electron chi connectivity index (χ2n) is 4.01. The quantitative estimate of drug-likeness (QED) is 0.556. The van der Waals surface area contributed by atoms with Crippen molar-refractivity contribution in [3.63, 3.8) is 0 Å². The van der Waals surface area contributed by atoms with Gasteiger partial charge in [0.1, 0.15) is 0 Å². The van der Waals surface area contributed by atoms with Gasteiger partial charge in [-0.2, -0.15) is 10.2 Å². The maximum Gasteiger partial charge on any atom is 0.206 e. The summed E-state index contributed by atoms with van der Waals surface area (Å²) in [7, 11) is 0. The highest BCUT2D eigenvalue weighted by atomic mass is 15.5. The van der Waals surface area contributed by atoms with E-state index >= 15 is 0 Å². The van der Waals surface area contributed by atoms with Crippen molar-refractivity contribution in [2.75, 3.05) is 6.54 Å². The molecule has 0 aromatic carbocycles. The molecule has 2 unspecified atom stereocenters. The number of hydrogen-bond donors (Lipinski definition) is 1. The summed E-state index contributed by atoms with van der Waals surface area (Å²) < 4.78 is 0. The zero-order chi connectivity index (χ0) is 7.31. The van der Waals surface area contributed by atoms with Crippen molar-refractivity contribution in [1.29, 1.82) is 0 Å². The molecule has 0 amide bonds. The van der Waals surface area contributed by atoms with Gasteiger partial charge in [0.15, 0.2) is 0 Å². The average molecular weight is 151 g/mol. The molecule has 2 fully saturated rings. The fourth-order valence-corrected chi connectivity index (χ4v) is 2.50. The third-order valence-corrected chi connectivity index (χ3v) is 3.35. The smallest absolute Gasteiger partial charge is 0.206 e. The molecule has 3 nitrogen and oxygen atoms in total. The van der Waals surface area contributed by atoms with Crippen LogP contribution in [0.4, 0.5) is 0 Å². The van der Waals surface area contributed by atoms with Crippen LogP contribution in [0.5, 0.6) is 0 Å². The molecule has 1 N–H and O–H groups in total. The van der Waals surface area contributed by atoms with Crippen LogP contribution < -0.4 is 5.32 Å². The average Bonchev–Trinajstić information content (AvgIpc) is 2.81. The van der Waals surface area contributed by atoms with Gasteiger partial charge < -0.3 is 5.32 Å². The van der Waals surface area contributed by atoms with E-state index in [0.29, 0.717) is 6.04 Å². The number of fused-ring (bicyclic) bond motifs is 3. The lowest BCUT2D eigenvalue weighted by Crippen LogP contribution is -2.51. The Bertz CT molecular complexity index is 205. The van der Waals surface area contributed by atoms with Crippen LogP contribution in [0.3, 0.4) is 0 Å². The normalized spacial score (nSPS) is 44.4. The highest BCUT2D eigenvalue weighted by Gasteiger charge is 2.52. The molecule has 0 radical (unpaired) electrons. The van der Waals surface area contributed by atoms with Crippen molar-refractivity contribution in [3.8, 4) is 0 Å². The summed E-state index contributed by atoms with van der Waals surface area (Å²) >= 11 is 0. The molecule has 1 saturated carbocycles. The fraction of sp³-hybridized carbons (Fsp3) is 1.00. The van der Waals surface area contributed by atoms with Crippen LogP contribution >= 0.6 is 0 Å². The van der Waals surface area contributed by atoms with Crippen LogP contribution in [0.15, 0.2) is 10.2 Å². The van der Waals surface area contributed by atoms with Gasteiger partial charge in [-0.05, 0) is 38.1 Å². The summed E-state index contributed by atoms with van der Waals surface area (Å²) in [6.07, 6.45) is 5.24. The zero-order valence-electron chi connectivity index (χ0n) is 6.58. The van der Waals surface area contributed by atoms with Crippen LogP contribution in [0.25, 0.3) is 0 Å². The Labute approximate surface area is 66.3 Å². The molecule has 11 heavy (non-hydrogen) atoms. The maximum atomic E-state index is 4.18. The number of nitrogens with one attached hydrogen (secondary N) is 1. The van der Waals surface area contributed by atoms with Gasteiger partial charge in [-0.3, -0.25) is 0 Å². The molecule has 2 aliphatic heterocycles.